The van der Waals surface area contributed by atoms with E-state index in [1.807, 2.05) is 6.92 Å². The topological polar surface area (TPSA) is 49.3 Å². The van der Waals surface area contributed by atoms with Gasteiger partial charge in [-0.2, -0.15) is 0 Å². The highest BCUT2D eigenvalue weighted by Gasteiger charge is 2.26. The molecule has 1 saturated carbocycles. The fourth-order valence-corrected chi connectivity index (χ4v) is 2.06. The Kier molecular flexibility index (Phi) is 5.20. The first-order chi connectivity index (χ1) is 7.24. The van der Waals surface area contributed by atoms with Crippen molar-refractivity contribution in [1.29, 1.82) is 0 Å². The van der Waals surface area contributed by atoms with Gasteiger partial charge >= 0.3 is 5.97 Å². The van der Waals surface area contributed by atoms with E-state index >= 15 is 0 Å². The zero-order valence-corrected chi connectivity index (χ0v) is 9.25. The highest BCUT2D eigenvalue weighted by atomic mass is 16.4. The van der Waals surface area contributed by atoms with Gasteiger partial charge < -0.3 is 10.4 Å². The zero-order valence-electron chi connectivity index (χ0n) is 9.25. The fraction of sp³-hybridized carbons (Fsp3) is 0.750. The molecule has 3 heteroatoms. The summed E-state index contributed by atoms with van der Waals surface area (Å²) in [5, 5.41) is 12.3. The third-order valence-electron chi connectivity index (χ3n) is 2.88. The van der Waals surface area contributed by atoms with Crippen molar-refractivity contribution in [2.24, 2.45) is 5.92 Å². The number of nitrogens with one attached hydrogen (secondary N) is 1. The van der Waals surface area contributed by atoms with Crippen LogP contribution in [0.4, 0.5) is 0 Å². The van der Waals surface area contributed by atoms with Crippen LogP contribution in [0.1, 0.15) is 39.0 Å². The lowest BCUT2D eigenvalue weighted by Gasteiger charge is -2.27. The van der Waals surface area contributed by atoms with Gasteiger partial charge in [-0.15, -0.1) is 11.8 Å². The van der Waals surface area contributed by atoms with Crippen molar-refractivity contribution in [1.82, 2.24) is 5.32 Å². The molecule has 1 fully saturated rings. The molecule has 0 amide bonds. The van der Waals surface area contributed by atoms with Crippen LogP contribution in [0.25, 0.3) is 0 Å². The molecule has 1 rings (SSSR count). The van der Waals surface area contributed by atoms with E-state index in [2.05, 4.69) is 17.2 Å². The fourth-order valence-electron chi connectivity index (χ4n) is 2.06. The summed E-state index contributed by atoms with van der Waals surface area (Å²) in [6.45, 7) is 2.71. The van der Waals surface area contributed by atoms with E-state index in [-0.39, 0.29) is 5.92 Å². The molecule has 0 heterocycles. The van der Waals surface area contributed by atoms with Gasteiger partial charge in [-0.25, -0.2) is 0 Å². The highest BCUT2D eigenvalue weighted by molar-refractivity contribution is 5.70. The van der Waals surface area contributed by atoms with Crippen molar-refractivity contribution in [3.8, 4) is 11.8 Å². The molecule has 1 aliphatic carbocycles. The number of aliphatic carboxylic acids is 1. The Hall–Kier alpha value is -1.01. The predicted octanol–water partition coefficient (Wildman–Crippen LogP) is 1.63. The molecule has 0 spiro atoms. The van der Waals surface area contributed by atoms with E-state index in [1.54, 1.807) is 0 Å². The summed E-state index contributed by atoms with van der Waals surface area (Å²) in [5.41, 5.74) is 0. The normalized spacial score (nSPS) is 25.4. The number of rotatable bonds is 4. The SMILES string of the molecule is CC#CCCNC1CCCC(C(=O)O)C1. The van der Waals surface area contributed by atoms with Gasteiger partial charge in [0.15, 0.2) is 0 Å². The molecule has 84 valence electrons. The van der Waals surface area contributed by atoms with Gasteiger partial charge in [-0.3, -0.25) is 4.79 Å². The molecule has 0 bridgehead atoms. The minimum absolute atomic E-state index is 0.145. The predicted molar refractivity (Wildman–Crippen MR) is 59.5 cm³/mol. The number of carboxylic acid groups (broad SMARTS) is 1. The summed E-state index contributed by atoms with van der Waals surface area (Å²) < 4.78 is 0. The summed E-state index contributed by atoms with van der Waals surface area (Å²) in [7, 11) is 0. The first kappa shape index (κ1) is 12.1. The van der Waals surface area contributed by atoms with Crippen LogP contribution in [-0.4, -0.2) is 23.7 Å². The van der Waals surface area contributed by atoms with Crippen LogP contribution in [0.2, 0.25) is 0 Å². The molecule has 2 unspecified atom stereocenters. The average Bonchev–Trinajstić information content (AvgIpc) is 2.25. The van der Waals surface area contributed by atoms with Crippen LogP contribution < -0.4 is 5.32 Å². The van der Waals surface area contributed by atoms with Gasteiger partial charge in [0.1, 0.15) is 0 Å². The Bertz CT molecular complexity index is 265. The molecule has 3 nitrogen and oxygen atoms in total. The molecular weight excluding hydrogens is 190 g/mol. The van der Waals surface area contributed by atoms with Crippen LogP contribution in [0.15, 0.2) is 0 Å². The van der Waals surface area contributed by atoms with Gasteiger partial charge in [0.2, 0.25) is 0 Å². The van der Waals surface area contributed by atoms with E-state index in [1.165, 1.54) is 0 Å². The van der Waals surface area contributed by atoms with Crippen LogP contribution in [-0.2, 0) is 4.79 Å². The highest BCUT2D eigenvalue weighted by Crippen LogP contribution is 2.24. The van der Waals surface area contributed by atoms with Crippen molar-refractivity contribution in [2.75, 3.05) is 6.54 Å². The molecule has 0 aromatic carbocycles. The molecule has 0 radical (unpaired) electrons. The van der Waals surface area contributed by atoms with Crippen molar-refractivity contribution < 1.29 is 9.90 Å². The molecule has 15 heavy (non-hydrogen) atoms. The van der Waals surface area contributed by atoms with Gasteiger partial charge in [0.05, 0.1) is 5.92 Å². The summed E-state index contributed by atoms with van der Waals surface area (Å²) >= 11 is 0. The Balaban J connectivity index is 2.23. The maximum absolute atomic E-state index is 10.8. The Labute approximate surface area is 91.3 Å². The van der Waals surface area contributed by atoms with Crippen molar-refractivity contribution in [3.63, 3.8) is 0 Å². The minimum atomic E-state index is -0.644. The first-order valence-electron chi connectivity index (χ1n) is 5.60. The summed E-state index contributed by atoms with van der Waals surface area (Å²) in [6, 6.07) is 0.374. The first-order valence-corrected chi connectivity index (χ1v) is 5.60. The summed E-state index contributed by atoms with van der Waals surface area (Å²) in [4.78, 5) is 10.8. The minimum Gasteiger partial charge on any atom is -0.481 e. The number of carboxylic acids is 1. The maximum atomic E-state index is 10.8. The Morgan fingerprint density at radius 1 is 1.53 bits per heavy atom. The average molecular weight is 209 g/mol. The van der Waals surface area contributed by atoms with E-state index in [0.717, 1.165) is 38.6 Å². The van der Waals surface area contributed by atoms with Crippen LogP contribution in [0.3, 0.4) is 0 Å². The van der Waals surface area contributed by atoms with E-state index in [4.69, 9.17) is 5.11 Å². The summed E-state index contributed by atoms with van der Waals surface area (Å²) in [5.74, 6) is 5.05. The largest absolute Gasteiger partial charge is 0.481 e. The smallest absolute Gasteiger partial charge is 0.306 e. The van der Waals surface area contributed by atoms with Gasteiger partial charge in [-0.1, -0.05) is 6.42 Å². The van der Waals surface area contributed by atoms with Crippen molar-refractivity contribution in [3.05, 3.63) is 0 Å². The molecule has 0 aromatic heterocycles. The van der Waals surface area contributed by atoms with Crippen LogP contribution in [0, 0.1) is 17.8 Å². The number of hydrogen-bond acceptors (Lipinski definition) is 2. The second-order valence-corrected chi connectivity index (χ2v) is 4.03. The molecule has 0 aliphatic heterocycles. The van der Waals surface area contributed by atoms with Crippen LogP contribution in [0.5, 0.6) is 0 Å². The Morgan fingerprint density at radius 2 is 2.33 bits per heavy atom. The zero-order chi connectivity index (χ0) is 11.1. The van der Waals surface area contributed by atoms with Crippen molar-refractivity contribution >= 4 is 5.97 Å². The number of carbonyl (C=O) groups is 1. The molecule has 2 atom stereocenters. The maximum Gasteiger partial charge on any atom is 0.306 e. The van der Waals surface area contributed by atoms with E-state index < -0.39 is 5.97 Å². The second-order valence-electron chi connectivity index (χ2n) is 4.03. The van der Waals surface area contributed by atoms with Crippen molar-refractivity contribution in [2.45, 2.75) is 45.1 Å². The Morgan fingerprint density at radius 3 is 3.00 bits per heavy atom. The van der Waals surface area contributed by atoms with E-state index in [0.29, 0.717) is 6.04 Å². The lowest BCUT2D eigenvalue weighted by molar-refractivity contribution is -0.143. The second kappa shape index (κ2) is 6.47. The lowest BCUT2D eigenvalue weighted by atomic mass is 9.86. The van der Waals surface area contributed by atoms with Gasteiger partial charge in [0, 0.05) is 19.0 Å². The molecular formula is C12H19NO2. The molecule has 1 aliphatic rings. The van der Waals surface area contributed by atoms with Crippen LogP contribution >= 0.6 is 0 Å². The standard InChI is InChI=1S/C12H19NO2/c1-2-3-4-8-13-11-7-5-6-10(9-11)12(14)15/h10-11,13H,4-9H2,1H3,(H,14,15). The molecule has 2 N–H and O–H groups in total. The van der Waals surface area contributed by atoms with Gasteiger partial charge in [0.25, 0.3) is 0 Å². The molecule has 0 saturated heterocycles. The number of hydrogen-bond donors (Lipinski definition) is 2. The van der Waals surface area contributed by atoms with E-state index in [9.17, 15) is 4.79 Å². The third kappa shape index (κ3) is 4.35. The quantitative estimate of drug-likeness (QED) is 0.546. The summed E-state index contributed by atoms with van der Waals surface area (Å²) in [6.07, 6.45) is 4.58. The monoisotopic (exact) mass is 209 g/mol. The lowest BCUT2D eigenvalue weighted by Crippen LogP contribution is -2.36. The third-order valence-corrected chi connectivity index (χ3v) is 2.88. The molecule has 0 aromatic rings. The van der Waals surface area contributed by atoms with Gasteiger partial charge in [-0.05, 0) is 26.2 Å².